The Bertz CT molecular complexity index is 2250. The molecule has 16 heteroatoms. The number of benzene rings is 2. The lowest BCUT2D eigenvalue weighted by molar-refractivity contribution is 0.171. The predicted molar refractivity (Wildman–Crippen MR) is 202 cm³/mol. The first kappa shape index (κ1) is 37.1. The van der Waals surface area contributed by atoms with Gasteiger partial charge in [0, 0.05) is 30.6 Å². The summed E-state index contributed by atoms with van der Waals surface area (Å²) in [5.74, 6) is 1.15. The molecule has 1 fully saturated rings. The van der Waals surface area contributed by atoms with Crippen LogP contribution in [0, 0.1) is 5.82 Å². The lowest BCUT2D eigenvalue weighted by Crippen LogP contribution is -2.36. The van der Waals surface area contributed by atoms with Gasteiger partial charge in [-0.2, -0.15) is 13.5 Å². The lowest BCUT2D eigenvalue weighted by atomic mass is 9.85. The fraction of sp³-hybridized carbons (Fsp3) is 0.421. The van der Waals surface area contributed by atoms with Gasteiger partial charge in [0.1, 0.15) is 30.9 Å². The van der Waals surface area contributed by atoms with Crippen molar-refractivity contribution in [2.75, 3.05) is 42.8 Å². The molecular weight excluding hydrogens is 716 g/mol. The van der Waals surface area contributed by atoms with E-state index in [2.05, 4.69) is 25.7 Å². The Hall–Kier alpha value is -5.22. The van der Waals surface area contributed by atoms with Crippen molar-refractivity contribution in [1.82, 2.24) is 29.7 Å². The van der Waals surface area contributed by atoms with E-state index in [-0.39, 0.29) is 36.5 Å². The molecule has 2 N–H and O–H groups in total. The van der Waals surface area contributed by atoms with Gasteiger partial charge < -0.3 is 19.7 Å². The van der Waals surface area contributed by atoms with Crippen molar-refractivity contribution in [2.45, 2.75) is 70.4 Å². The van der Waals surface area contributed by atoms with Gasteiger partial charge in [0.25, 0.3) is 10.1 Å². The molecule has 1 aliphatic carbocycles. The lowest BCUT2D eigenvalue weighted by Gasteiger charge is -2.32. The summed E-state index contributed by atoms with van der Waals surface area (Å²) >= 11 is 0. The number of urea groups is 1. The second-order valence-electron chi connectivity index (χ2n) is 14.7. The van der Waals surface area contributed by atoms with Crippen LogP contribution in [0.4, 0.5) is 21.0 Å². The minimum Gasteiger partial charge on any atom is -0.488 e. The summed E-state index contributed by atoms with van der Waals surface area (Å²) in [5, 5.41) is 19.7. The SMILES string of the molecule is CC(C)(C)c1cc(NC(=O)N[C@H]2CC[C@@H](Oc3ccc4nnc(N5CCCCC5)n4c3)c3ccccc32)n(-c2ccc(F)c(OCCOS(C)(=O)=O)c2)n1. The molecule has 0 radical (unpaired) electrons. The van der Waals surface area contributed by atoms with E-state index < -0.39 is 22.0 Å². The number of aromatic nitrogens is 5. The molecule has 7 rings (SSSR count). The van der Waals surface area contributed by atoms with E-state index in [0.29, 0.717) is 35.8 Å². The third-order valence-corrected chi connectivity index (χ3v) is 10.1. The number of amides is 2. The highest BCUT2D eigenvalue weighted by molar-refractivity contribution is 7.85. The molecule has 0 saturated carbocycles. The number of fused-ring (bicyclic) bond motifs is 2. The van der Waals surface area contributed by atoms with Crippen LogP contribution in [-0.2, 0) is 19.7 Å². The average molecular weight is 761 g/mol. The van der Waals surface area contributed by atoms with Crippen molar-refractivity contribution in [2.24, 2.45) is 0 Å². The molecule has 14 nitrogen and oxygen atoms in total. The normalized spacial score (nSPS) is 17.6. The highest BCUT2D eigenvalue weighted by Crippen LogP contribution is 2.39. The summed E-state index contributed by atoms with van der Waals surface area (Å²) in [6, 6.07) is 17.1. The van der Waals surface area contributed by atoms with E-state index >= 15 is 0 Å². The highest BCUT2D eigenvalue weighted by atomic mass is 32.2. The Kier molecular flexibility index (Phi) is 10.5. The zero-order valence-corrected chi connectivity index (χ0v) is 31.6. The maximum Gasteiger partial charge on any atom is 0.320 e. The molecule has 1 aliphatic heterocycles. The Morgan fingerprint density at radius 1 is 0.963 bits per heavy atom. The molecule has 4 heterocycles. The molecule has 2 aliphatic rings. The summed E-state index contributed by atoms with van der Waals surface area (Å²) in [7, 11) is -3.67. The van der Waals surface area contributed by atoms with Crippen molar-refractivity contribution in [1.29, 1.82) is 0 Å². The van der Waals surface area contributed by atoms with Crippen molar-refractivity contribution in [3.8, 4) is 17.2 Å². The average Bonchev–Trinajstić information content (AvgIpc) is 3.76. The molecular formula is C38H45FN8O6S. The third-order valence-electron chi connectivity index (χ3n) is 9.53. The number of nitrogens with one attached hydrogen (secondary N) is 2. The third kappa shape index (κ3) is 8.44. The smallest absolute Gasteiger partial charge is 0.320 e. The van der Waals surface area contributed by atoms with Crippen LogP contribution in [0.15, 0.2) is 66.9 Å². The molecule has 0 spiro atoms. The number of nitrogens with zero attached hydrogens (tertiary/aromatic N) is 6. The summed E-state index contributed by atoms with van der Waals surface area (Å²) in [4.78, 5) is 16.0. The largest absolute Gasteiger partial charge is 0.488 e. The van der Waals surface area contributed by atoms with Gasteiger partial charge in [0.05, 0.1) is 29.9 Å². The molecule has 2 atom stereocenters. The zero-order valence-electron chi connectivity index (χ0n) is 30.8. The predicted octanol–water partition coefficient (Wildman–Crippen LogP) is 6.47. The van der Waals surface area contributed by atoms with Crippen LogP contribution in [-0.4, -0.2) is 71.4 Å². The molecule has 286 valence electrons. The first-order chi connectivity index (χ1) is 25.8. The number of ether oxygens (including phenoxy) is 2. The number of halogens is 1. The van der Waals surface area contributed by atoms with E-state index in [0.717, 1.165) is 54.9 Å². The summed E-state index contributed by atoms with van der Waals surface area (Å²) in [5.41, 5.74) is 3.48. The van der Waals surface area contributed by atoms with Crippen LogP contribution in [0.25, 0.3) is 11.3 Å². The van der Waals surface area contributed by atoms with Crippen molar-refractivity contribution < 1.29 is 31.3 Å². The van der Waals surface area contributed by atoms with Crippen molar-refractivity contribution in [3.63, 3.8) is 0 Å². The minimum atomic E-state index is -3.67. The van der Waals surface area contributed by atoms with Gasteiger partial charge in [-0.3, -0.25) is 13.9 Å². The number of anilines is 2. The Morgan fingerprint density at radius 3 is 2.50 bits per heavy atom. The van der Waals surface area contributed by atoms with Gasteiger partial charge in [0.15, 0.2) is 17.2 Å². The van der Waals surface area contributed by atoms with Crippen LogP contribution >= 0.6 is 0 Å². The fourth-order valence-corrected chi connectivity index (χ4v) is 7.21. The molecule has 0 unspecified atom stereocenters. The van der Waals surface area contributed by atoms with Crippen molar-refractivity contribution in [3.05, 3.63) is 89.5 Å². The van der Waals surface area contributed by atoms with Gasteiger partial charge in [-0.1, -0.05) is 45.0 Å². The van der Waals surface area contributed by atoms with Gasteiger partial charge >= 0.3 is 6.03 Å². The second kappa shape index (κ2) is 15.3. The molecule has 1 saturated heterocycles. The number of piperidine rings is 1. The van der Waals surface area contributed by atoms with Crippen LogP contribution in [0.5, 0.6) is 11.5 Å². The number of hydrogen-bond acceptors (Lipinski definition) is 10. The number of hydrogen-bond donors (Lipinski definition) is 2. The number of carbonyl (C=O) groups excluding carboxylic acids is 1. The molecule has 5 aromatic rings. The topological polar surface area (TPSA) is 154 Å². The van der Waals surface area contributed by atoms with Crippen LogP contribution in [0.3, 0.4) is 0 Å². The van der Waals surface area contributed by atoms with Crippen molar-refractivity contribution >= 4 is 33.6 Å². The maximum atomic E-state index is 14.7. The van der Waals surface area contributed by atoms with E-state index in [9.17, 15) is 17.6 Å². The molecule has 54 heavy (non-hydrogen) atoms. The van der Waals surface area contributed by atoms with Gasteiger partial charge in [-0.15, -0.1) is 10.2 Å². The van der Waals surface area contributed by atoms with Crippen LogP contribution in [0.2, 0.25) is 0 Å². The van der Waals surface area contributed by atoms with E-state index in [1.807, 2.05) is 67.8 Å². The summed E-state index contributed by atoms with van der Waals surface area (Å²) in [6.45, 7) is 7.44. The van der Waals surface area contributed by atoms with Gasteiger partial charge in [0.2, 0.25) is 5.95 Å². The van der Waals surface area contributed by atoms with Gasteiger partial charge in [-0.25, -0.2) is 13.9 Å². The Labute approximate surface area is 313 Å². The van der Waals surface area contributed by atoms with E-state index in [1.54, 1.807) is 6.07 Å². The first-order valence-corrected chi connectivity index (χ1v) is 19.9. The summed E-state index contributed by atoms with van der Waals surface area (Å²) < 4.78 is 57.6. The number of rotatable bonds is 11. The fourth-order valence-electron chi connectivity index (χ4n) is 6.84. The number of pyridine rings is 1. The molecule has 2 amide bonds. The highest BCUT2D eigenvalue weighted by Gasteiger charge is 2.30. The minimum absolute atomic E-state index is 0.118. The Morgan fingerprint density at radius 2 is 1.74 bits per heavy atom. The van der Waals surface area contributed by atoms with E-state index in [1.165, 1.54) is 29.3 Å². The first-order valence-electron chi connectivity index (χ1n) is 18.1. The summed E-state index contributed by atoms with van der Waals surface area (Å²) in [6.07, 6.45) is 7.46. The second-order valence-corrected chi connectivity index (χ2v) is 16.3. The van der Waals surface area contributed by atoms with Crippen LogP contribution < -0.4 is 25.0 Å². The van der Waals surface area contributed by atoms with Gasteiger partial charge in [-0.05, 0) is 67.5 Å². The standard InChI is InChI=1S/C38H45FN8O6S/c1-38(2,3)33-23-35(47(44-33)25-12-14-29(39)32(22-25)51-20-21-52-54(4,49)50)41-36(48)40-30-15-16-31(28-11-7-6-10-27(28)30)53-26-13-17-34-42-43-37(46(34)24-26)45-18-8-5-9-19-45/h6-7,10-14,17,22-24,30-31H,5,8-9,15-16,18-21H2,1-4H3,(H2,40,41,48)/t30-,31+/m0/s1. The van der Waals surface area contributed by atoms with Crippen LogP contribution in [0.1, 0.15) is 81.8 Å². The molecule has 2 aromatic carbocycles. The molecule has 0 bridgehead atoms. The Balaban J connectivity index is 1.07. The van der Waals surface area contributed by atoms with E-state index in [4.69, 9.17) is 18.8 Å². The monoisotopic (exact) mass is 760 g/mol. The molecule has 3 aromatic heterocycles. The quantitative estimate of drug-likeness (QED) is 0.113. The zero-order chi connectivity index (χ0) is 38.0. The number of carbonyl (C=O) groups is 1. The maximum absolute atomic E-state index is 14.7.